The summed E-state index contributed by atoms with van der Waals surface area (Å²) in [6, 6.07) is 14.8. The van der Waals surface area contributed by atoms with Crippen LogP contribution in [0.2, 0.25) is 0 Å². The normalized spacial score (nSPS) is 11.9. The Morgan fingerprint density at radius 3 is 2.50 bits per heavy atom. The molecule has 5 nitrogen and oxygen atoms in total. The zero-order valence-electron chi connectivity index (χ0n) is 18.3. The highest BCUT2D eigenvalue weighted by Crippen LogP contribution is 2.28. The fourth-order valence-electron chi connectivity index (χ4n) is 3.50. The maximum Gasteiger partial charge on any atom is 0.262 e. The van der Waals surface area contributed by atoms with Crippen LogP contribution in [0.3, 0.4) is 0 Å². The van der Waals surface area contributed by atoms with Gasteiger partial charge in [0.1, 0.15) is 11.2 Å². The lowest BCUT2D eigenvalue weighted by atomic mass is 10.2. The fourth-order valence-corrected chi connectivity index (χ4v) is 6.01. The molecule has 0 saturated heterocycles. The molecule has 164 valence electrons. The van der Waals surface area contributed by atoms with Crippen molar-refractivity contribution in [2.75, 3.05) is 18.0 Å². The summed E-state index contributed by atoms with van der Waals surface area (Å²) in [7, 11) is 0. The van der Waals surface area contributed by atoms with Crippen LogP contribution in [-0.4, -0.2) is 18.1 Å². The Labute approximate surface area is 210 Å². The van der Waals surface area contributed by atoms with Gasteiger partial charge in [-0.25, -0.2) is 4.98 Å². The summed E-state index contributed by atoms with van der Waals surface area (Å²) >= 11 is 5.72. The van der Waals surface area contributed by atoms with Crippen molar-refractivity contribution in [2.24, 2.45) is 10.2 Å². The van der Waals surface area contributed by atoms with E-state index in [0.717, 1.165) is 30.2 Å². The summed E-state index contributed by atoms with van der Waals surface area (Å²) in [5, 5.41) is 10.6. The molecule has 4 rings (SSSR count). The van der Waals surface area contributed by atoms with Crippen molar-refractivity contribution in [1.82, 2.24) is 4.98 Å². The van der Waals surface area contributed by atoms with E-state index in [9.17, 15) is 0 Å². The van der Waals surface area contributed by atoms with Gasteiger partial charge in [0.05, 0.1) is 5.69 Å². The molecule has 0 atom stereocenters. The van der Waals surface area contributed by atoms with Gasteiger partial charge in [-0.15, -0.1) is 10.2 Å². The van der Waals surface area contributed by atoms with Crippen LogP contribution in [-0.2, 0) is 6.54 Å². The predicted molar refractivity (Wildman–Crippen MR) is 146 cm³/mol. The third kappa shape index (κ3) is 5.24. The lowest BCUT2D eigenvalue weighted by molar-refractivity contribution is -0.665. The zero-order chi connectivity index (χ0) is 22.5. The lowest BCUT2D eigenvalue weighted by Gasteiger charge is -2.20. The summed E-state index contributed by atoms with van der Waals surface area (Å²) in [6.07, 6.45) is 6.13. The third-order valence-corrected chi connectivity index (χ3v) is 7.77. The Hall–Kier alpha value is -2.17. The number of hydrogen-bond donors (Lipinski definition) is 0. The predicted octanol–water partition coefficient (Wildman–Crippen LogP) is 7.70. The molecule has 32 heavy (non-hydrogen) atoms. The highest BCUT2D eigenvalue weighted by Gasteiger charge is 2.17. The number of nitrogens with zero attached hydrogens (tertiary/aromatic N) is 5. The number of azo groups is 1. The van der Waals surface area contributed by atoms with E-state index in [1.54, 1.807) is 0 Å². The molecule has 0 aliphatic heterocycles. The molecular formula is C24H25IN5S2+. The van der Waals surface area contributed by atoms with Crippen LogP contribution in [0, 0.1) is 3.57 Å². The molecule has 2 aromatic carbocycles. The zero-order valence-corrected chi connectivity index (χ0v) is 22.1. The second-order valence-electron chi connectivity index (χ2n) is 7.06. The van der Waals surface area contributed by atoms with Gasteiger partial charge in [-0.2, -0.15) is 4.57 Å². The molecule has 0 bridgehead atoms. The fraction of sp³-hybridized carbons (Fsp3) is 0.250. The van der Waals surface area contributed by atoms with Gasteiger partial charge in [-0.3, -0.25) is 0 Å². The number of rotatable bonds is 8. The number of fused-ring (bicyclic) bond motifs is 1. The van der Waals surface area contributed by atoms with Gasteiger partial charge < -0.3 is 4.90 Å². The minimum absolute atomic E-state index is 0.659. The Morgan fingerprint density at radius 2 is 1.78 bits per heavy atom. The number of aryl methyl sites for hydroxylation is 1. The molecule has 8 heteroatoms. The van der Waals surface area contributed by atoms with Crippen molar-refractivity contribution in [3.05, 3.63) is 62.1 Å². The van der Waals surface area contributed by atoms with E-state index in [1.807, 2.05) is 29.7 Å². The molecule has 0 aliphatic carbocycles. The number of hydrogen-bond acceptors (Lipinski definition) is 6. The lowest BCUT2D eigenvalue weighted by Crippen LogP contribution is -2.33. The molecule has 0 radical (unpaired) electrons. The van der Waals surface area contributed by atoms with Crippen molar-refractivity contribution in [1.29, 1.82) is 0 Å². The quantitative estimate of drug-likeness (QED) is 0.123. The molecule has 0 spiro atoms. The standard InChI is InChI=1S/C24H25IN5S2/c1-4-29(5-2)19-10-8-18(9-11-19)27-28-24-26-16-20(31-24)12-14-23-30(6-3)21-13-7-17(25)15-22(21)32-23/h7-16H,4-6H2,1-3H3/q+1. The highest BCUT2D eigenvalue weighted by molar-refractivity contribution is 14.1. The van der Waals surface area contributed by atoms with Crippen LogP contribution in [0.5, 0.6) is 0 Å². The van der Waals surface area contributed by atoms with E-state index < -0.39 is 0 Å². The number of thiazole rings is 2. The monoisotopic (exact) mass is 574 g/mol. The summed E-state index contributed by atoms with van der Waals surface area (Å²) in [5.41, 5.74) is 3.32. The number of halogens is 1. The molecule has 2 heterocycles. The van der Waals surface area contributed by atoms with Crippen LogP contribution < -0.4 is 9.47 Å². The van der Waals surface area contributed by atoms with E-state index in [0.29, 0.717) is 5.13 Å². The minimum atomic E-state index is 0.659. The molecule has 4 aromatic rings. The maximum absolute atomic E-state index is 4.41. The Kier molecular flexibility index (Phi) is 7.64. The minimum Gasteiger partial charge on any atom is -0.372 e. The molecule has 0 aliphatic rings. The first-order valence-corrected chi connectivity index (χ1v) is 13.3. The third-order valence-electron chi connectivity index (χ3n) is 5.14. The van der Waals surface area contributed by atoms with E-state index in [1.165, 1.54) is 35.8 Å². The molecule has 0 amide bonds. The average molecular weight is 575 g/mol. The van der Waals surface area contributed by atoms with Crippen LogP contribution in [0.1, 0.15) is 30.7 Å². The maximum atomic E-state index is 4.41. The molecular weight excluding hydrogens is 549 g/mol. The second-order valence-corrected chi connectivity index (χ2v) is 10.4. The first kappa shape index (κ1) is 23.0. The van der Waals surface area contributed by atoms with Gasteiger partial charge in [0.25, 0.3) is 5.01 Å². The second kappa shape index (κ2) is 10.6. The van der Waals surface area contributed by atoms with Gasteiger partial charge in [-0.1, -0.05) is 22.7 Å². The van der Waals surface area contributed by atoms with Crippen molar-refractivity contribution in [3.8, 4) is 0 Å². The van der Waals surface area contributed by atoms with Gasteiger partial charge in [0, 0.05) is 45.6 Å². The van der Waals surface area contributed by atoms with Crippen LogP contribution in [0.25, 0.3) is 22.4 Å². The summed E-state index contributed by atoms with van der Waals surface area (Å²) in [4.78, 5) is 7.77. The van der Waals surface area contributed by atoms with Crippen molar-refractivity contribution in [2.45, 2.75) is 27.3 Å². The highest BCUT2D eigenvalue weighted by atomic mass is 127. The summed E-state index contributed by atoms with van der Waals surface area (Å²) in [5.74, 6) is 0. The van der Waals surface area contributed by atoms with Gasteiger partial charge in [0.15, 0.2) is 0 Å². The van der Waals surface area contributed by atoms with Crippen LogP contribution >= 0.6 is 45.3 Å². The van der Waals surface area contributed by atoms with Crippen molar-refractivity contribution >= 4 is 84.1 Å². The number of aromatic nitrogens is 2. The van der Waals surface area contributed by atoms with E-state index in [4.69, 9.17) is 0 Å². The first-order valence-electron chi connectivity index (χ1n) is 10.6. The first-order chi connectivity index (χ1) is 15.6. The van der Waals surface area contributed by atoms with E-state index >= 15 is 0 Å². The summed E-state index contributed by atoms with van der Waals surface area (Å²) < 4.78 is 4.91. The topological polar surface area (TPSA) is 44.7 Å². The molecule has 0 N–H and O–H groups in total. The Bertz CT molecular complexity index is 1250. The van der Waals surface area contributed by atoms with Crippen LogP contribution in [0.15, 0.2) is 58.9 Å². The van der Waals surface area contributed by atoms with Crippen molar-refractivity contribution < 1.29 is 4.57 Å². The average Bonchev–Trinajstić information content (AvgIpc) is 3.41. The van der Waals surface area contributed by atoms with Gasteiger partial charge >= 0.3 is 0 Å². The van der Waals surface area contributed by atoms with E-state index in [-0.39, 0.29) is 0 Å². The molecule has 0 unspecified atom stereocenters. The van der Waals surface area contributed by atoms with Crippen LogP contribution in [0.4, 0.5) is 16.5 Å². The largest absolute Gasteiger partial charge is 0.372 e. The Balaban J connectivity index is 1.47. The molecule has 0 saturated carbocycles. The van der Waals surface area contributed by atoms with E-state index in [2.05, 4.69) is 111 Å². The SMILES string of the molecule is CCN(CC)c1ccc(N=Nc2ncc(/C=C/c3sc4cc(I)ccc4[n+]3CC)s2)cc1. The van der Waals surface area contributed by atoms with Gasteiger partial charge in [0.2, 0.25) is 10.6 Å². The number of anilines is 1. The summed E-state index contributed by atoms with van der Waals surface area (Å²) in [6.45, 7) is 9.43. The molecule has 0 fully saturated rings. The number of benzene rings is 2. The van der Waals surface area contributed by atoms with Gasteiger partial charge in [-0.05, 0) is 85.8 Å². The smallest absolute Gasteiger partial charge is 0.262 e. The molecule has 2 aromatic heterocycles. The Morgan fingerprint density at radius 1 is 1.00 bits per heavy atom. The van der Waals surface area contributed by atoms with Crippen molar-refractivity contribution in [3.63, 3.8) is 0 Å².